The van der Waals surface area contributed by atoms with E-state index in [1.54, 1.807) is 0 Å². The first-order valence-electron chi connectivity index (χ1n) is 11.3. The van der Waals surface area contributed by atoms with Crippen molar-refractivity contribution in [3.05, 3.63) is 35.3 Å². The quantitative estimate of drug-likeness (QED) is 0.262. The Bertz CT molecular complexity index is 711. The Balaban J connectivity index is 1.67. The Hall–Kier alpha value is -1.67. The lowest BCUT2D eigenvalue weighted by Crippen LogP contribution is -2.55. The van der Waals surface area contributed by atoms with Gasteiger partial charge in [0.25, 0.3) is 0 Å². The molecule has 0 spiro atoms. The van der Waals surface area contributed by atoms with Gasteiger partial charge in [-0.1, -0.05) is 13.8 Å². The molecule has 2 heterocycles. The predicted molar refractivity (Wildman–Crippen MR) is 123 cm³/mol. The van der Waals surface area contributed by atoms with Crippen LogP contribution in [0.4, 0.5) is 0 Å². The summed E-state index contributed by atoms with van der Waals surface area (Å²) in [6.45, 7) is 15.4. The Morgan fingerprint density at radius 2 is 1.93 bits per heavy atom. The molecule has 0 aromatic carbocycles. The van der Waals surface area contributed by atoms with Gasteiger partial charge >= 0.3 is 0 Å². The highest BCUT2D eigenvalue weighted by Crippen LogP contribution is 2.41. The van der Waals surface area contributed by atoms with E-state index in [4.69, 9.17) is 15.9 Å². The summed E-state index contributed by atoms with van der Waals surface area (Å²) in [6, 6.07) is 0.589. The Labute approximate surface area is 181 Å². The molecule has 3 rings (SSSR count). The van der Waals surface area contributed by atoms with Gasteiger partial charge in [-0.25, -0.2) is 5.43 Å². The second kappa shape index (κ2) is 9.64. The van der Waals surface area contributed by atoms with E-state index in [1.807, 2.05) is 6.08 Å². The van der Waals surface area contributed by atoms with Crippen LogP contribution in [-0.4, -0.2) is 66.0 Å². The average Bonchev–Trinajstić information content (AvgIpc) is 3.22. The standard InChI is InChI=1S/C23H40N6O/c1-16(2)12-19(30-23(5)6-7-23)13-18(15-24)22(25)20-14-21(27-26-20)29-10-8-28(9-11-29)17(3)4/h12-14,16-17,21,25-27H,6-11,15,24H2,1-5H3/b18-13+,19-12+,25-22?. The smallest absolute Gasteiger partial charge is 0.116 e. The van der Waals surface area contributed by atoms with E-state index in [0.29, 0.717) is 24.2 Å². The summed E-state index contributed by atoms with van der Waals surface area (Å²) in [4.78, 5) is 4.92. The molecular weight excluding hydrogens is 376 g/mol. The van der Waals surface area contributed by atoms with Crippen molar-refractivity contribution < 1.29 is 4.74 Å². The number of allylic oxidation sites excluding steroid dienone is 3. The number of rotatable bonds is 9. The monoisotopic (exact) mass is 416 g/mol. The molecule has 2 aliphatic heterocycles. The summed E-state index contributed by atoms with van der Waals surface area (Å²) in [5.74, 6) is 1.19. The fraction of sp³-hybridized carbons (Fsp3) is 0.696. The largest absolute Gasteiger partial charge is 0.488 e. The van der Waals surface area contributed by atoms with Gasteiger partial charge in [0.1, 0.15) is 11.4 Å². The van der Waals surface area contributed by atoms with Crippen molar-refractivity contribution in [2.75, 3.05) is 32.7 Å². The lowest BCUT2D eigenvalue weighted by molar-refractivity contribution is 0.0819. The lowest BCUT2D eigenvalue weighted by atomic mass is 10.1. The molecule has 3 aliphatic rings. The molecular formula is C23H40N6O. The topological polar surface area (TPSA) is 89.6 Å². The van der Waals surface area contributed by atoms with Crippen LogP contribution in [0.25, 0.3) is 0 Å². The van der Waals surface area contributed by atoms with E-state index in [-0.39, 0.29) is 11.8 Å². The fourth-order valence-corrected chi connectivity index (χ4v) is 3.85. The molecule has 1 unspecified atom stereocenters. The van der Waals surface area contributed by atoms with Gasteiger partial charge in [-0.2, -0.15) is 0 Å². The Morgan fingerprint density at radius 1 is 1.27 bits per heavy atom. The maximum absolute atomic E-state index is 8.73. The van der Waals surface area contributed by atoms with Gasteiger partial charge in [-0.15, -0.1) is 0 Å². The molecule has 7 heteroatoms. The average molecular weight is 417 g/mol. The predicted octanol–water partition coefficient (Wildman–Crippen LogP) is 2.34. The van der Waals surface area contributed by atoms with Crippen LogP contribution in [0, 0.1) is 11.3 Å². The minimum atomic E-state index is -0.0607. The highest BCUT2D eigenvalue weighted by molar-refractivity contribution is 6.10. The number of nitrogens with two attached hydrogens (primary N) is 1. The van der Waals surface area contributed by atoms with E-state index in [0.717, 1.165) is 56.0 Å². The summed E-state index contributed by atoms with van der Waals surface area (Å²) in [7, 11) is 0. The van der Waals surface area contributed by atoms with Gasteiger partial charge in [0.2, 0.25) is 0 Å². The molecule has 168 valence electrons. The van der Waals surface area contributed by atoms with Crippen LogP contribution < -0.4 is 16.6 Å². The van der Waals surface area contributed by atoms with Gasteiger partial charge in [0, 0.05) is 38.8 Å². The van der Waals surface area contributed by atoms with E-state index < -0.39 is 0 Å². The maximum atomic E-state index is 8.73. The van der Waals surface area contributed by atoms with Gasteiger partial charge in [0.05, 0.1) is 17.6 Å². The minimum Gasteiger partial charge on any atom is -0.488 e. The van der Waals surface area contributed by atoms with Crippen molar-refractivity contribution in [3.8, 4) is 0 Å². The summed E-state index contributed by atoms with van der Waals surface area (Å²) >= 11 is 0. The third kappa shape index (κ3) is 5.94. The SMILES string of the molecule is CC(C)/C=C(\C=C(/CN)C(=N)C1=CC(N2CCN(C(C)C)CC2)NN1)OC1(C)CC1. The van der Waals surface area contributed by atoms with Crippen molar-refractivity contribution in [2.24, 2.45) is 11.7 Å². The van der Waals surface area contributed by atoms with E-state index >= 15 is 0 Å². The lowest BCUT2D eigenvalue weighted by Gasteiger charge is -2.38. The molecule has 30 heavy (non-hydrogen) atoms. The third-order valence-corrected chi connectivity index (χ3v) is 6.09. The van der Waals surface area contributed by atoms with Crippen molar-refractivity contribution >= 4 is 5.71 Å². The zero-order chi connectivity index (χ0) is 21.9. The Morgan fingerprint density at radius 3 is 2.47 bits per heavy atom. The molecule has 0 aromatic rings. The zero-order valence-electron chi connectivity index (χ0n) is 19.3. The summed E-state index contributed by atoms with van der Waals surface area (Å²) in [6.07, 6.45) is 8.41. The number of piperazine rings is 1. The molecule has 1 aliphatic carbocycles. The van der Waals surface area contributed by atoms with Gasteiger partial charge < -0.3 is 15.9 Å². The molecule has 5 N–H and O–H groups in total. The van der Waals surface area contributed by atoms with Crippen LogP contribution in [-0.2, 0) is 4.74 Å². The van der Waals surface area contributed by atoms with E-state index in [1.165, 1.54) is 0 Å². The van der Waals surface area contributed by atoms with Gasteiger partial charge in [0.15, 0.2) is 0 Å². The first-order valence-corrected chi connectivity index (χ1v) is 11.3. The molecule has 0 aromatic heterocycles. The molecule has 1 saturated heterocycles. The highest BCUT2D eigenvalue weighted by Gasteiger charge is 2.40. The summed E-state index contributed by atoms with van der Waals surface area (Å²) in [5.41, 5.74) is 14.5. The van der Waals surface area contributed by atoms with Gasteiger partial charge in [-0.05, 0) is 63.3 Å². The van der Waals surface area contributed by atoms with Gasteiger partial charge in [-0.3, -0.25) is 15.2 Å². The number of nitrogens with one attached hydrogen (secondary N) is 3. The summed E-state index contributed by atoms with van der Waals surface area (Å²) in [5, 5.41) is 8.73. The molecule has 1 saturated carbocycles. The number of hydrazine groups is 1. The second-order valence-corrected chi connectivity index (χ2v) is 9.57. The first-order chi connectivity index (χ1) is 14.2. The molecule has 0 radical (unpaired) electrons. The van der Waals surface area contributed by atoms with Crippen molar-refractivity contribution in [1.82, 2.24) is 20.7 Å². The molecule has 2 fully saturated rings. The number of hydrogen-bond donors (Lipinski definition) is 4. The third-order valence-electron chi connectivity index (χ3n) is 6.09. The Kier molecular flexibility index (Phi) is 7.39. The van der Waals surface area contributed by atoms with Crippen LogP contribution in [0.3, 0.4) is 0 Å². The number of hydrogen-bond acceptors (Lipinski definition) is 7. The normalized spacial score (nSPS) is 25.5. The van der Waals surface area contributed by atoms with Crippen molar-refractivity contribution in [3.63, 3.8) is 0 Å². The molecule has 0 bridgehead atoms. The zero-order valence-corrected chi connectivity index (χ0v) is 19.3. The van der Waals surface area contributed by atoms with E-state index in [2.05, 4.69) is 67.4 Å². The van der Waals surface area contributed by atoms with Crippen LogP contribution >= 0.6 is 0 Å². The van der Waals surface area contributed by atoms with Crippen molar-refractivity contribution in [1.29, 1.82) is 5.41 Å². The number of ether oxygens (including phenoxy) is 1. The van der Waals surface area contributed by atoms with Crippen LogP contribution in [0.15, 0.2) is 35.3 Å². The summed E-state index contributed by atoms with van der Waals surface area (Å²) < 4.78 is 6.21. The van der Waals surface area contributed by atoms with E-state index in [9.17, 15) is 0 Å². The first kappa shape index (κ1) is 23.0. The number of nitrogens with zero attached hydrogens (tertiary/aromatic N) is 2. The second-order valence-electron chi connectivity index (χ2n) is 9.57. The van der Waals surface area contributed by atoms with Crippen LogP contribution in [0.1, 0.15) is 47.5 Å². The molecule has 1 atom stereocenters. The van der Waals surface area contributed by atoms with Crippen molar-refractivity contribution in [2.45, 2.75) is 65.3 Å². The molecule has 0 amide bonds. The maximum Gasteiger partial charge on any atom is 0.116 e. The minimum absolute atomic E-state index is 0.0607. The van der Waals surface area contributed by atoms with Crippen LogP contribution in [0.5, 0.6) is 0 Å². The highest BCUT2D eigenvalue weighted by atomic mass is 16.5. The molecule has 7 nitrogen and oxygen atoms in total. The fourth-order valence-electron chi connectivity index (χ4n) is 3.85. The van der Waals surface area contributed by atoms with Crippen LogP contribution in [0.2, 0.25) is 0 Å².